The maximum absolute atomic E-state index is 11.8. The molecule has 4 nitrogen and oxygen atoms in total. The van der Waals surface area contributed by atoms with Crippen LogP contribution in [0.3, 0.4) is 0 Å². The first-order chi connectivity index (χ1) is 10.2. The van der Waals surface area contributed by atoms with Crippen molar-refractivity contribution in [2.24, 2.45) is 0 Å². The summed E-state index contributed by atoms with van der Waals surface area (Å²) in [5, 5.41) is 5.60. The van der Waals surface area contributed by atoms with Gasteiger partial charge in [0.1, 0.15) is 0 Å². The minimum Gasteiger partial charge on any atom is -0.352 e. The van der Waals surface area contributed by atoms with Crippen molar-refractivity contribution in [3.63, 3.8) is 0 Å². The molecule has 0 fully saturated rings. The van der Waals surface area contributed by atoms with Crippen molar-refractivity contribution >= 4 is 17.5 Å². The third-order valence-electron chi connectivity index (χ3n) is 3.25. The summed E-state index contributed by atoms with van der Waals surface area (Å²) in [5.41, 5.74) is 1.25. The lowest BCUT2D eigenvalue weighted by atomic mass is 10.1. The molecule has 0 aromatic heterocycles. The molecule has 1 aromatic carbocycles. The van der Waals surface area contributed by atoms with Crippen LogP contribution in [0, 0.1) is 0 Å². The summed E-state index contributed by atoms with van der Waals surface area (Å²) < 4.78 is 0. The maximum Gasteiger partial charge on any atom is 0.251 e. The minimum atomic E-state index is -0.117. The van der Waals surface area contributed by atoms with Gasteiger partial charge < -0.3 is 10.6 Å². The summed E-state index contributed by atoms with van der Waals surface area (Å²) >= 11 is 0. The van der Waals surface area contributed by atoms with E-state index in [1.807, 2.05) is 6.92 Å². The number of benzene rings is 1. The molecule has 0 heterocycles. The number of carbonyl (C=O) groups excluding carboxylic acids is 2. The number of carbonyl (C=O) groups is 2. The van der Waals surface area contributed by atoms with E-state index in [1.165, 1.54) is 19.3 Å². The van der Waals surface area contributed by atoms with Crippen LogP contribution in [0.4, 0.5) is 5.69 Å². The molecule has 0 aliphatic carbocycles. The highest BCUT2D eigenvalue weighted by atomic mass is 16.2. The first kappa shape index (κ1) is 17.2. The van der Waals surface area contributed by atoms with Crippen LogP contribution >= 0.6 is 0 Å². The van der Waals surface area contributed by atoms with Gasteiger partial charge in [-0.3, -0.25) is 9.59 Å². The van der Waals surface area contributed by atoms with Crippen LogP contribution in [0.25, 0.3) is 0 Å². The summed E-state index contributed by atoms with van der Waals surface area (Å²) in [4.78, 5) is 23.6. The van der Waals surface area contributed by atoms with Gasteiger partial charge in [0.25, 0.3) is 5.91 Å². The van der Waals surface area contributed by atoms with E-state index in [1.54, 1.807) is 24.3 Å². The molecule has 21 heavy (non-hydrogen) atoms. The van der Waals surface area contributed by atoms with Gasteiger partial charge in [-0.25, -0.2) is 0 Å². The highest BCUT2D eigenvalue weighted by Crippen LogP contribution is 2.12. The second-order valence-corrected chi connectivity index (χ2v) is 5.15. The van der Waals surface area contributed by atoms with Gasteiger partial charge in [0.15, 0.2) is 0 Å². The maximum atomic E-state index is 11.8. The van der Waals surface area contributed by atoms with E-state index in [4.69, 9.17) is 0 Å². The van der Waals surface area contributed by atoms with Crippen LogP contribution in [0.2, 0.25) is 0 Å². The third kappa shape index (κ3) is 6.93. The van der Waals surface area contributed by atoms with Crippen molar-refractivity contribution < 1.29 is 9.59 Å². The van der Waals surface area contributed by atoms with E-state index in [0.29, 0.717) is 24.2 Å². The van der Waals surface area contributed by atoms with Gasteiger partial charge in [-0.05, 0) is 31.5 Å². The first-order valence-corrected chi connectivity index (χ1v) is 7.85. The molecule has 0 saturated carbocycles. The smallest absolute Gasteiger partial charge is 0.251 e. The molecule has 4 heteroatoms. The third-order valence-corrected chi connectivity index (χ3v) is 3.25. The number of amides is 2. The summed E-state index contributed by atoms with van der Waals surface area (Å²) in [6.45, 7) is 4.64. The van der Waals surface area contributed by atoms with Gasteiger partial charge in [-0.15, -0.1) is 0 Å². The normalized spacial score (nSPS) is 10.2. The Morgan fingerprint density at radius 2 is 1.81 bits per heavy atom. The fourth-order valence-corrected chi connectivity index (χ4v) is 2.11. The van der Waals surface area contributed by atoms with E-state index in [2.05, 4.69) is 17.6 Å². The van der Waals surface area contributed by atoms with Gasteiger partial charge in [0, 0.05) is 24.2 Å². The van der Waals surface area contributed by atoms with Gasteiger partial charge in [0.2, 0.25) is 5.91 Å². The molecule has 0 atom stereocenters. The molecule has 2 amide bonds. The highest BCUT2D eigenvalue weighted by Gasteiger charge is 2.06. The Kier molecular flexibility index (Phi) is 8.17. The van der Waals surface area contributed by atoms with E-state index >= 15 is 0 Å². The largest absolute Gasteiger partial charge is 0.352 e. The molecule has 0 spiro atoms. The Morgan fingerprint density at radius 1 is 1.05 bits per heavy atom. The Bertz CT molecular complexity index is 458. The van der Waals surface area contributed by atoms with Crippen LogP contribution in [0.1, 0.15) is 62.7 Å². The molecule has 1 aromatic rings. The highest BCUT2D eigenvalue weighted by molar-refractivity contribution is 5.97. The zero-order valence-electron chi connectivity index (χ0n) is 13.1. The molecule has 0 saturated heterocycles. The molecule has 0 bridgehead atoms. The van der Waals surface area contributed by atoms with Crippen molar-refractivity contribution in [1.29, 1.82) is 0 Å². The second kappa shape index (κ2) is 9.97. The van der Waals surface area contributed by atoms with Crippen molar-refractivity contribution in [2.45, 2.75) is 52.4 Å². The topological polar surface area (TPSA) is 58.2 Å². The molecular formula is C17H26N2O2. The lowest BCUT2D eigenvalue weighted by molar-refractivity contribution is -0.116. The van der Waals surface area contributed by atoms with Crippen molar-refractivity contribution in [3.8, 4) is 0 Å². The molecule has 0 radical (unpaired) electrons. The molecule has 0 aliphatic heterocycles. The van der Waals surface area contributed by atoms with Gasteiger partial charge in [-0.1, -0.05) is 38.7 Å². The quantitative estimate of drug-likeness (QED) is 0.681. The van der Waals surface area contributed by atoms with E-state index in [0.717, 1.165) is 12.8 Å². The average molecular weight is 290 g/mol. The molecule has 0 aliphatic rings. The van der Waals surface area contributed by atoms with Gasteiger partial charge in [-0.2, -0.15) is 0 Å². The Hall–Kier alpha value is -1.84. The Balaban J connectivity index is 2.41. The van der Waals surface area contributed by atoms with Crippen molar-refractivity contribution in [3.05, 3.63) is 29.8 Å². The molecule has 1 rings (SSSR count). The monoisotopic (exact) mass is 290 g/mol. The lowest BCUT2D eigenvalue weighted by Crippen LogP contribution is -2.22. The number of rotatable bonds is 9. The molecular weight excluding hydrogens is 264 g/mol. The lowest BCUT2D eigenvalue weighted by Gasteiger charge is -2.07. The first-order valence-electron chi connectivity index (χ1n) is 7.85. The molecule has 116 valence electrons. The second-order valence-electron chi connectivity index (χ2n) is 5.15. The average Bonchev–Trinajstić information content (AvgIpc) is 2.47. The summed E-state index contributed by atoms with van der Waals surface area (Å²) in [6.07, 6.45) is 6.18. The summed E-state index contributed by atoms with van der Waals surface area (Å²) in [5.74, 6) is -0.104. The Labute approximate surface area is 127 Å². The molecule has 0 unspecified atom stereocenters. The Morgan fingerprint density at radius 3 is 2.52 bits per heavy atom. The van der Waals surface area contributed by atoms with Crippen LogP contribution in [-0.2, 0) is 4.79 Å². The zero-order chi connectivity index (χ0) is 15.5. The number of nitrogens with one attached hydrogen (secondary N) is 2. The van der Waals surface area contributed by atoms with Gasteiger partial charge >= 0.3 is 0 Å². The summed E-state index contributed by atoms with van der Waals surface area (Å²) in [7, 11) is 0. The van der Waals surface area contributed by atoms with E-state index in [9.17, 15) is 9.59 Å². The summed E-state index contributed by atoms with van der Waals surface area (Å²) in [6, 6.07) is 7.03. The van der Waals surface area contributed by atoms with Crippen molar-refractivity contribution in [1.82, 2.24) is 5.32 Å². The fourth-order valence-electron chi connectivity index (χ4n) is 2.11. The fraction of sp³-hybridized carbons (Fsp3) is 0.529. The van der Waals surface area contributed by atoms with Crippen LogP contribution < -0.4 is 10.6 Å². The standard InChI is InChI=1S/C17H26N2O2/c1-3-5-6-7-8-12-16(20)19-15-11-9-10-14(13-15)17(21)18-4-2/h9-11,13H,3-8,12H2,1-2H3,(H,18,21)(H,19,20). The number of hydrogen-bond donors (Lipinski definition) is 2. The van der Waals surface area contributed by atoms with E-state index in [-0.39, 0.29) is 11.8 Å². The van der Waals surface area contributed by atoms with Crippen LogP contribution in [0.15, 0.2) is 24.3 Å². The SMILES string of the molecule is CCCCCCCC(=O)Nc1cccc(C(=O)NCC)c1. The van der Waals surface area contributed by atoms with Crippen LogP contribution in [0.5, 0.6) is 0 Å². The predicted octanol–water partition coefficient (Wildman–Crippen LogP) is 3.74. The van der Waals surface area contributed by atoms with E-state index < -0.39 is 0 Å². The number of anilines is 1. The molecule has 2 N–H and O–H groups in total. The van der Waals surface area contributed by atoms with Crippen molar-refractivity contribution in [2.75, 3.05) is 11.9 Å². The number of hydrogen-bond acceptors (Lipinski definition) is 2. The zero-order valence-corrected chi connectivity index (χ0v) is 13.1. The predicted molar refractivity (Wildman–Crippen MR) is 86.5 cm³/mol. The number of unbranched alkanes of at least 4 members (excludes halogenated alkanes) is 4. The minimum absolute atomic E-state index is 0.0135. The van der Waals surface area contributed by atoms with Crippen LogP contribution in [-0.4, -0.2) is 18.4 Å². The van der Waals surface area contributed by atoms with Gasteiger partial charge in [0.05, 0.1) is 0 Å².